The number of carbonyl (C=O) groups excluding carboxylic acids is 2. The maximum atomic E-state index is 12.5. The van der Waals surface area contributed by atoms with E-state index in [4.69, 9.17) is 27.9 Å². The van der Waals surface area contributed by atoms with E-state index in [0.717, 1.165) is 0 Å². The van der Waals surface area contributed by atoms with Crippen LogP contribution in [0.3, 0.4) is 0 Å². The molecule has 8 heteroatoms. The molecule has 0 bridgehead atoms. The second-order valence-electron chi connectivity index (χ2n) is 6.94. The lowest BCUT2D eigenvalue weighted by Crippen LogP contribution is -2.42. The predicted molar refractivity (Wildman–Crippen MR) is 92.6 cm³/mol. The Hall–Kier alpha value is -1.79. The first-order chi connectivity index (χ1) is 11.5. The molecule has 136 valence electrons. The van der Waals surface area contributed by atoms with Gasteiger partial charge in [-0.1, -0.05) is 29.3 Å². The third-order valence-electron chi connectivity index (χ3n) is 3.81. The Morgan fingerprint density at radius 3 is 2.40 bits per heavy atom. The van der Waals surface area contributed by atoms with Gasteiger partial charge in [-0.25, -0.2) is 4.79 Å². The smallest absolute Gasteiger partial charge is 0.327 e. The van der Waals surface area contributed by atoms with Gasteiger partial charge in [-0.15, -0.1) is 0 Å². The summed E-state index contributed by atoms with van der Waals surface area (Å²) in [7, 11) is 0. The Labute approximate surface area is 155 Å². The van der Waals surface area contributed by atoms with Gasteiger partial charge in [0, 0.05) is 0 Å². The van der Waals surface area contributed by atoms with E-state index in [1.54, 1.807) is 39.0 Å². The number of ether oxygens (including phenoxy) is 1. The molecule has 2 unspecified atom stereocenters. The van der Waals surface area contributed by atoms with Gasteiger partial charge < -0.3 is 15.2 Å². The van der Waals surface area contributed by atoms with E-state index in [2.05, 4.69) is 5.32 Å². The van der Waals surface area contributed by atoms with Crippen LogP contribution in [0.15, 0.2) is 18.2 Å². The maximum absolute atomic E-state index is 12.5. The SMILES string of the molecule is CC(C)(C)OC(=O)[C@H]1C(Cc2ccc(Cl)c(Cl)c2)C(=O)NC1C(=O)O. The fourth-order valence-corrected chi connectivity index (χ4v) is 3.09. The highest BCUT2D eigenvalue weighted by molar-refractivity contribution is 6.42. The average Bonchev–Trinajstić information content (AvgIpc) is 2.78. The zero-order valence-electron chi connectivity index (χ0n) is 14.0. The number of nitrogens with one attached hydrogen (secondary N) is 1. The number of esters is 1. The summed E-state index contributed by atoms with van der Waals surface area (Å²) in [6.07, 6.45) is 0.149. The van der Waals surface area contributed by atoms with E-state index in [9.17, 15) is 19.5 Å². The lowest BCUT2D eigenvalue weighted by Gasteiger charge is -2.25. The molecule has 1 heterocycles. The second kappa shape index (κ2) is 7.22. The summed E-state index contributed by atoms with van der Waals surface area (Å²) < 4.78 is 5.32. The first kappa shape index (κ1) is 19.5. The predicted octanol–water partition coefficient (Wildman–Crippen LogP) is 2.69. The molecule has 2 N–H and O–H groups in total. The van der Waals surface area contributed by atoms with Crippen LogP contribution in [0.5, 0.6) is 0 Å². The van der Waals surface area contributed by atoms with Crippen LogP contribution >= 0.6 is 23.2 Å². The first-order valence-corrected chi connectivity index (χ1v) is 8.45. The van der Waals surface area contributed by atoms with Gasteiger partial charge in [0.25, 0.3) is 0 Å². The average molecular weight is 388 g/mol. The summed E-state index contributed by atoms with van der Waals surface area (Å²) in [5.41, 5.74) is -0.117. The number of benzene rings is 1. The molecular formula is C17H19Cl2NO5. The number of aliphatic carboxylic acids is 1. The van der Waals surface area contributed by atoms with Crippen molar-refractivity contribution in [3.63, 3.8) is 0 Å². The number of amides is 1. The minimum absolute atomic E-state index is 0.149. The Balaban J connectivity index is 2.31. The fraction of sp³-hybridized carbons (Fsp3) is 0.471. The summed E-state index contributed by atoms with van der Waals surface area (Å²) in [6, 6.07) is 3.54. The molecule has 0 saturated carbocycles. The van der Waals surface area contributed by atoms with Crippen molar-refractivity contribution >= 4 is 41.0 Å². The summed E-state index contributed by atoms with van der Waals surface area (Å²) in [5, 5.41) is 12.4. The van der Waals surface area contributed by atoms with E-state index in [-0.39, 0.29) is 6.42 Å². The molecule has 6 nitrogen and oxygen atoms in total. The topological polar surface area (TPSA) is 92.7 Å². The number of carboxylic acid groups (broad SMARTS) is 1. The van der Waals surface area contributed by atoms with Gasteiger partial charge >= 0.3 is 11.9 Å². The molecule has 0 radical (unpaired) electrons. The van der Waals surface area contributed by atoms with E-state index < -0.39 is 41.3 Å². The molecule has 1 aromatic carbocycles. The molecule has 1 aromatic rings. The van der Waals surface area contributed by atoms with Crippen molar-refractivity contribution in [1.82, 2.24) is 5.32 Å². The van der Waals surface area contributed by atoms with Crippen LogP contribution in [0.1, 0.15) is 26.3 Å². The van der Waals surface area contributed by atoms with Crippen LogP contribution in [0.4, 0.5) is 0 Å². The second-order valence-corrected chi connectivity index (χ2v) is 7.76. The van der Waals surface area contributed by atoms with Crippen molar-refractivity contribution < 1.29 is 24.2 Å². The van der Waals surface area contributed by atoms with Gasteiger partial charge in [-0.05, 0) is 44.9 Å². The molecule has 1 aliphatic heterocycles. The van der Waals surface area contributed by atoms with Crippen LogP contribution in [-0.2, 0) is 25.5 Å². The number of halogens is 2. The monoisotopic (exact) mass is 387 g/mol. The van der Waals surface area contributed by atoms with Gasteiger partial charge in [0.2, 0.25) is 5.91 Å². The highest BCUT2D eigenvalue weighted by Crippen LogP contribution is 2.32. The number of hydrogen-bond donors (Lipinski definition) is 2. The van der Waals surface area contributed by atoms with Gasteiger partial charge in [-0.3, -0.25) is 9.59 Å². The lowest BCUT2D eigenvalue weighted by molar-refractivity contribution is -0.165. The Morgan fingerprint density at radius 2 is 1.88 bits per heavy atom. The molecule has 0 aromatic heterocycles. The van der Waals surface area contributed by atoms with Crippen LogP contribution in [0.25, 0.3) is 0 Å². The minimum atomic E-state index is -1.32. The van der Waals surface area contributed by atoms with Crippen molar-refractivity contribution in [3.8, 4) is 0 Å². The van der Waals surface area contributed by atoms with Crippen molar-refractivity contribution in [3.05, 3.63) is 33.8 Å². The Bertz CT molecular complexity index is 713. The van der Waals surface area contributed by atoms with Crippen LogP contribution in [0.2, 0.25) is 10.0 Å². The standard InChI is InChI=1S/C17H19Cl2NO5/c1-17(2,3)25-16(24)12-9(14(21)20-13(12)15(22)23)6-8-4-5-10(18)11(19)7-8/h4-5,7,9,12-13H,6H2,1-3H3,(H,20,21)(H,22,23)/t9?,12-,13?/m0/s1. The molecule has 25 heavy (non-hydrogen) atoms. The summed E-state index contributed by atoms with van der Waals surface area (Å²) in [6.45, 7) is 5.04. The molecule has 1 saturated heterocycles. The Morgan fingerprint density at radius 1 is 1.24 bits per heavy atom. The van der Waals surface area contributed by atoms with Crippen LogP contribution in [0, 0.1) is 11.8 Å². The minimum Gasteiger partial charge on any atom is -0.480 e. The lowest BCUT2D eigenvalue weighted by atomic mass is 9.85. The zero-order chi connectivity index (χ0) is 18.9. The van der Waals surface area contributed by atoms with Gasteiger partial charge in [-0.2, -0.15) is 0 Å². The molecule has 1 fully saturated rings. The highest BCUT2D eigenvalue weighted by Gasteiger charge is 2.51. The molecule has 3 atom stereocenters. The van der Waals surface area contributed by atoms with E-state index in [1.165, 1.54) is 0 Å². The summed E-state index contributed by atoms with van der Waals surface area (Å²) >= 11 is 11.9. The molecular weight excluding hydrogens is 369 g/mol. The fourth-order valence-electron chi connectivity index (χ4n) is 2.77. The molecule has 1 aliphatic rings. The number of carboxylic acids is 1. The van der Waals surface area contributed by atoms with Crippen molar-refractivity contribution in [2.75, 3.05) is 0 Å². The Kier molecular flexibility index (Phi) is 5.64. The normalized spacial score (nSPS) is 23.2. The zero-order valence-corrected chi connectivity index (χ0v) is 15.5. The first-order valence-electron chi connectivity index (χ1n) is 7.69. The molecule has 1 amide bonds. The molecule has 0 spiro atoms. The van der Waals surface area contributed by atoms with E-state index in [1.807, 2.05) is 0 Å². The number of hydrogen-bond acceptors (Lipinski definition) is 4. The van der Waals surface area contributed by atoms with E-state index >= 15 is 0 Å². The summed E-state index contributed by atoms with van der Waals surface area (Å²) in [5.74, 6) is -4.50. The quantitative estimate of drug-likeness (QED) is 0.774. The van der Waals surface area contributed by atoms with Crippen molar-refractivity contribution in [2.24, 2.45) is 11.8 Å². The van der Waals surface area contributed by atoms with Crippen LogP contribution < -0.4 is 5.32 Å². The molecule has 0 aliphatic carbocycles. The van der Waals surface area contributed by atoms with Crippen molar-refractivity contribution in [1.29, 1.82) is 0 Å². The highest BCUT2D eigenvalue weighted by atomic mass is 35.5. The number of rotatable bonds is 4. The van der Waals surface area contributed by atoms with E-state index in [0.29, 0.717) is 15.6 Å². The van der Waals surface area contributed by atoms with Crippen molar-refractivity contribution in [2.45, 2.75) is 38.8 Å². The van der Waals surface area contributed by atoms with Gasteiger partial charge in [0.15, 0.2) is 0 Å². The third kappa shape index (κ3) is 4.64. The number of carbonyl (C=O) groups is 3. The third-order valence-corrected chi connectivity index (χ3v) is 4.55. The maximum Gasteiger partial charge on any atom is 0.327 e. The van der Waals surface area contributed by atoms with Gasteiger partial charge in [0.05, 0.1) is 21.9 Å². The largest absolute Gasteiger partial charge is 0.480 e. The van der Waals surface area contributed by atoms with Gasteiger partial charge in [0.1, 0.15) is 11.6 Å². The molecule has 2 rings (SSSR count). The van der Waals surface area contributed by atoms with Crippen LogP contribution in [-0.4, -0.2) is 34.6 Å². The summed E-state index contributed by atoms with van der Waals surface area (Å²) in [4.78, 5) is 36.3.